The third-order valence-corrected chi connectivity index (χ3v) is 4.73. The normalized spacial score (nSPS) is 21.1. The van der Waals surface area contributed by atoms with Crippen molar-refractivity contribution in [3.8, 4) is 0 Å². The quantitative estimate of drug-likeness (QED) is 0.435. The molecule has 1 heterocycles. The molecule has 1 aliphatic rings. The molecular formula is C20H25N7O2. The first-order chi connectivity index (χ1) is 13.7. The van der Waals surface area contributed by atoms with Gasteiger partial charge in [0.2, 0.25) is 5.96 Å². The minimum Gasteiger partial charge on any atom is -0.370 e. The van der Waals surface area contributed by atoms with Gasteiger partial charge in [-0.3, -0.25) is 21.2 Å². The van der Waals surface area contributed by atoms with Crippen molar-refractivity contribution < 1.29 is 4.92 Å². The van der Waals surface area contributed by atoms with Crippen molar-refractivity contribution in [2.75, 3.05) is 0 Å². The number of nitrogens with zero attached hydrogens (tertiary/aromatic N) is 3. The van der Waals surface area contributed by atoms with Gasteiger partial charge in [-0.15, -0.1) is 0 Å². The van der Waals surface area contributed by atoms with E-state index in [2.05, 4.69) is 44.9 Å². The van der Waals surface area contributed by atoms with Gasteiger partial charge in [0, 0.05) is 18.6 Å². The summed E-state index contributed by atoms with van der Waals surface area (Å²) in [5.41, 5.74) is 15.6. The predicted molar refractivity (Wildman–Crippen MR) is 113 cm³/mol. The van der Waals surface area contributed by atoms with E-state index < -0.39 is 10.7 Å². The summed E-state index contributed by atoms with van der Waals surface area (Å²) in [5, 5.41) is 16.8. The Bertz CT molecular complexity index is 938. The van der Waals surface area contributed by atoms with E-state index in [-0.39, 0.29) is 17.7 Å². The van der Waals surface area contributed by atoms with Crippen molar-refractivity contribution in [2.24, 2.45) is 21.5 Å². The molecular weight excluding hydrogens is 370 g/mol. The van der Waals surface area contributed by atoms with Crippen LogP contribution in [0.4, 0.5) is 5.69 Å². The lowest BCUT2D eigenvalue weighted by molar-refractivity contribution is -0.384. The second-order valence-corrected chi connectivity index (χ2v) is 7.16. The van der Waals surface area contributed by atoms with E-state index >= 15 is 0 Å². The van der Waals surface area contributed by atoms with Gasteiger partial charge < -0.3 is 11.1 Å². The van der Waals surface area contributed by atoms with E-state index in [9.17, 15) is 10.1 Å². The molecule has 0 radical (unpaired) electrons. The summed E-state index contributed by atoms with van der Waals surface area (Å²) in [7, 11) is 0. The Hall–Kier alpha value is -3.46. The number of hydrogen-bond acceptors (Lipinski definition) is 6. The van der Waals surface area contributed by atoms with E-state index in [1.54, 1.807) is 12.1 Å². The zero-order valence-electron chi connectivity index (χ0n) is 16.4. The minimum absolute atomic E-state index is 0.0379. The minimum atomic E-state index is -1.08. The lowest BCUT2D eigenvalue weighted by Crippen LogP contribution is -2.64. The van der Waals surface area contributed by atoms with Crippen LogP contribution in [0.3, 0.4) is 0 Å². The number of nitro benzene ring substituents is 1. The summed E-state index contributed by atoms with van der Waals surface area (Å²) >= 11 is 0. The fourth-order valence-corrected chi connectivity index (χ4v) is 3.04. The molecule has 0 aliphatic carbocycles. The summed E-state index contributed by atoms with van der Waals surface area (Å²) in [5.74, 6) is -0.478. The van der Waals surface area contributed by atoms with E-state index in [0.717, 1.165) is 17.5 Å². The van der Waals surface area contributed by atoms with Crippen molar-refractivity contribution in [3.05, 3.63) is 75.3 Å². The van der Waals surface area contributed by atoms with Gasteiger partial charge in [-0.2, -0.15) is 0 Å². The highest BCUT2D eigenvalue weighted by Crippen LogP contribution is 2.21. The molecule has 0 bridgehead atoms. The van der Waals surface area contributed by atoms with Gasteiger partial charge in [-0.05, 0) is 31.4 Å². The van der Waals surface area contributed by atoms with Crippen LogP contribution >= 0.6 is 0 Å². The lowest BCUT2D eigenvalue weighted by atomic mass is 10.0. The van der Waals surface area contributed by atoms with Crippen LogP contribution in [0.15, 0.2) is 58.5 Å². The van der Waals surface area contributed by atoms with Crippen LogP contribution in [0.5, 0.6) is 0 Å². The third kappa shape index (κ3) is 5.29. The monoisotopic (exact) mass is 395 g/mol. The molecule has 0 fully saturated rings. The molecule has 1 aliphatic heterocycles. The maximum absolute atomic E-state index is 10.8. The van der Waals surface area contributed by atoms with Crippen LogP contribution in [-0.2, 0) is 6.42 Å². The van der Waals surface area contributed by atoms with Gasteiger partial charge >= 0.3 is 0 Å². The fraction of sp³-hybridized carbons (Fsp3) is 0.300. The van der Waals surface area contributed by atoms with Gasteiger partial charge in [-0.25, -0.2) is 9.98 Å². The molecule has 0 aromatic heterocycles. The fourth-order valence-electron chi connectivity index (χ4n) is 3.04. The first-order valence-electron chi connectivity index (χ1n) is 9.31. The number of nitrogens with one attached hydrogen (secondary N) is 2. The molecule has 0 saturated carbocycles. The second-order valence-electron chi connectivity index (χ2n) is 7.16. The molecule has 9 nitrogen and oxygen atoms in total. The lowest BCUT2D eigenvalue weighted by Gasteiger charge is -2.33. The molecule has 2 atom stereocenters. The highest BCUT2D eigenvalue weighted by Gasteiger charge is 2.30. The van der Waals surface area contributed by atoms with E-state index in [1.807, 2.05) is 13.8 Å². The number of nitrogens with two attached hydrogens (primary N) is 2. The largest absolute Gasteiger partial charge is 0.370 e. The molecule has 0 saturated heterocycles. The third-order valence-electron chi connectivity index (χ3n) is 4.73. The van der Waals surface area contributed by atoms with Crippen LogP contribution in [0, 0.1) is 17.0 Å². The maximum Gasteiger partial charge on any atom is 0.269 e. The van der Waals surface area contributed by atoms with Crippen LogP contribution < -0.4 is 22.1 Å². The highest BCUT2D eigenvalue weighted by atomic mass is 16.6. The molecule has 2 aromatic carbocycles. The van der Waals surface area contributed by atoms with Crippen LogP contribution in [-0.4, -0.2) is 22.6 Å². The molecule has 9 heteroatoms. The van der Waals surface area contributed by atoms with Gasteiger partial charge in [0.05, 0.1) is 11.0 Å². The molecule has 29 heavy (non-hydrogen) atoms. The van der Waals surface area contributed by atoms with Crippen molar-refractivity contribution >= 4 is 17.6 Å². The number of hydrogen-bond donors (Lipinski definition) is 4. The molecule has 3 rings (SSSR count). The average Bonchev–Trinajstić information content (AvgIpc) is 2.67. The Morgan fingerprint density at radius 1 is 1.21 bits per heavy atom. The molecule has 0 amide bonds. The number of rotatable bonds is 6. The predicted octanol–water partition coefficient (Wildman–Crippen LogP) is 2.07. The Kier molecular flexibility index (Phi) is 5.79. The molecule has 2 aromatic rings. The molecule has 152 valence electrons. The summed E-state index contributed by atoms with van der Waals surface area (Å²) in [6.45, 7) is 3.92. The zero-order valence-corrected chi connectivity index (χ0v) is 16.4. The van der Waals surface area contributed by atoms with Crippen molar-refractivity contribution in [3.63, 3.8) is 0 Å². The van der Waals surface area contributed by atoms with Crippen LogP contribution in [0.2, 0.25) is 0 Å². The highest BCUT2D eigenvalue weighted by molar-refractivity contribution is 6.00. The van der Waals surface area contributed by atoms with E-state index in [1.165, 1.54) is 17.7 Å². The summed E-state index contributed by atoms with van der Waals surface area (Å²) < 4.78 is 0. The van der Waals surface area contributed by atoms with E-state index in [4.69, 9.17) is 11.5 Å². The van der Waals surface area contributed by atoms with Crippen molar-refractivity contribution in [1.29, 1.82) is 0 Å². The maximum atomic E-state index is 10.8. The molecule has 0 spiro atoms. The number of benzene rings is 2. The first-order valence-corrected chi connectivity index (χ1v) is 9.31. The summed E-state index contributed by atoms with van der Waals surface area (Å²) in [6.07, 6.45) is 1.26. The van der Waals surface area contributed by atoms with Gasteiger partial charge in [-0.1, -0.05) is 42.0 Å². The second kappa shape index (κ2) is 8.27. The Balaban J connectivity index is 1.70. The number of guanidine groups is 2. The zero-order chi connectivity index (χ0) is 21.0. The topological polar surface area (TPSA) is 144 Å². The molecule has 6 N–H and O–H groups in total. The van der Waals surface area contributed by atoms with Crippen LogP contribution in [0.25, 0.3) is 0 Å². The van der Waals surface area contributed by atoms with E-state index in [0.29, 0.717) is 12.4 Å². The summed E-state index contributed by atoms with van der Waals surface area (Å²) in [4.78, 5) is 19.3. The van der Waals surface area contributed by atoms with Crippen LogP contribution in [0.1, 0.15) is 36.1 Å². The Labute approximate surface area is 169 Å². The number of nitro groups is 1. The van der Waals surface area contributed by atoms with Gasteiger partial charge in [0.15, 0.2) is 11.7 Å². The Morgan fingerprint density at radius 2 is 1.86 bits per heavy atom. The summed E-state index contributed by atoms with van der Waals surface area (Å²) in [6, 6.07) is 14.3. The van der Waals surface area contributed by atoms with Crippen molar-refractivity contribution in [2.45, 2.75) is 38.5 Å². The molecule has 1 unspecified atom stereocenters. The number of aliphatic imine (C=N–C) groups is 2. The van der Waals surface area contributed by atoms with Crippen molar-refractivity contribution in [1.82, 2.24) is 10.6 Å². The first kappa shape index (κ1) is 20.3. The average molecular weight is 395 g/mol. The smallest absolute Gasteiger partial charge is 0.269 e. The Morgan fingerprint density at radius 3 is 2.48 bits per heavy atom. The number of aryl methyl sites for hydroxylation is 2. The SMILES string of the molecule is Cc1ccc(CCC2(N)N=C(N)NC(=N[C@@H](C)c3ccc([N+](=O)[O-])cc3)N2)cc1. The van der Waals surface area contributed by atoms with Gasteiger partial charge in [0.1, 0.15) is 0 Å². The standard InChI is InChI=1S/C20H25N7O2/c1-13-3-5-15(6-4-13)11-12-20(22)25-18(21)24-19(26-20)23-14(2)16-7-9-17(10-8-16)27(28)29/h3-10,14H,11-12,22H2,1-2H3,(H4,21,23,24,25,26)/t14-,20?/m0/s1. The van der Waals surface area contributed by atoms with Gasteiger partial charge in [0.25, 0.3) is 5.69 Å². The number of non-ortho nitro benzene ring substituents is 1.